The van der Waals surface area contributed by atoms with Gasteiger partial charge in [0.05, 0.1) is 28.7 Å². The molecule has 8 nitrogen and oxygen atoms in total. The molecule has 1 N–H and O–H groups in total. The molecule has 0 bridgehead atoms. The van der Waals surface area contributed by atoms with Gasteiger partial charge in [-0.3, -0.25) is 4.98 Å². The summed E-state index contributed by atoms with van der Waals surface area (Å²) >= 11 is 1.41. The second kappa shape index (κ2) is 9.15. The number of alkyl halides is 2. The van der Waals surface area contributed by atoms with E-state index in [1.807, 2.05) is 19.0 Å². The molecule has 31 heavy (non-hydrogen) atoms. The number of nitrogens with one attached hydrogen (secondary N) is 1. The van der Waals surface area contributed by atoms with Gasteiger partial charge in [-0.15, -0.1) is 0 Å². The number of ether oxygens (including phenoxy) is 1. The molecule has 0 aromatic carbocycles. The highest BCUT2D eigenvalue weighted by Crippen LogP contribution is 2.35. The van der Waals surface area contributed by atoms with Gasteiger partial charge in [0.15, 0.2) is 10.9 Å². The van der Waals surface area contributed by atoms with E-state index >= 15 is 0 Å². The van der Waals surface area contributed by atoms with Crippen molar-refractivity contribution in [3.8, 4) is 16.6 Å². The summed E-state index contributed by atoms with van der Waals surface area (Å²) in [5.41, 5.74) is 1.54. The fourth-order valence-corrected chi connectivity index (χ4v) is 3.99. The summed E-state index contributed by atoms with van der Waals surface area (Å²) in [6, 6.07) is 1.95. The van der Waals surface area contributed by atoms with Gasteiger partial charge in [-0.25, -0.2) is 23.7 Å². The van der Waals surface area contributed by atoms with Crippen molar-refractivity contribution in [3.63, 3.8) is 0 Å². The molecular formula is C20H23F2N7OS. The first kappa shape index (κ1) is 21.4. The van der Waals surface area contributed by atoms with Crippen LogP contribution in [0.25, 0.3) is 10.6 Å². The van der Waals surface area contributed by atoms with Gasteiger partial charge in [-0.1, -0.05) is 11.3 Å². The van der Waals surface area contributed by atoms with Crippen molar-refractivity contribution < 1.29 is 13.5 Å². The average molecular weight is 448 g/mol. The van der Waals surface area contributed by atoms with E-state index in [1.54, 1.807) is 30.9 Å². The van der Waals surface area contributed by atoms with Gasteiger partial charge in [0.2, 0.25) is 5.92 Å². The Hall–Kier alpha value is -2.79. The number of nitrogens with zero attached hydrogens (tertiary/aromatic N) is 6. The molecule has 0 amide bonds. The zero-order chi connectivity index (χ0) is 21.8. The fourth-order valence-electron chi connectivity index (χ4n) is 3.20. The van der Waals surface area contributed by atoms with Gasteiger partial charge in [-0.05, 0) is 33.0 Å². The van der Waals surface area contributed by atoms with Gasteiger partial charge >= 0.3 is 6.01 Å². The van der Waals surface area contributed by atoms with E-state index in [-0.39, 0.29) is 25.0 Å². The molecule has 0 atom stereocenters. The minimum absolute atomic E-state index is 0.166. The van der Waals surface area contributed by atoms with Gasteiger partial charge in [0.1, 0.15) is 6.10 Å². The van der Waals surface area contributed by atoms with Crippen molar-refractivity contribution in [2.45, 2.75) is 44.3 Å². The van der Waals surface area contributed by atoms with Crippen molar-refractivity contribution in [2.75, 3.05) is 19.4 Å². The van der Waals surface area contributed by atoms with E-state index in [2.05, 4.69) is 30.2 Å². The molecular weight excluding hydrogens is 424 g/mol. The standard InChI is InChI=1S/C20H23F2N7OS/c1-29(2)12-13-9-25-17(11-24-13)28-19-26-10-16(31-19)15-5-8-23-18(27-15)30-14-3-6-20(21,22)7-4-14/h5,8-11,14H,3-4,6-7,12H2,1-2H3,(H,25,26,28). The Bertz CT molecular complexity index is 1000. The van der Waals surface area contributed by atoms with Crippen LogP contribution in [0, 0.1) is 0 Å². The molecule has 164 valence electrons. The first-order chi connectivity index (χ1) is 14.9. The Morgan fingerprint density at radius 2 is 1.94 bits per heavy atom. The first-order valence-corrected chi connectivity index (χ1v) is 10.7. The van der Waals surface area contributed by atoms with E-state index in [0.717, 1.165) is 17.1 Å². The van der Waals surface area contributed by atoms with Crippen LogP contribution in [0.1, 0.15) is 31.4 Å². The zero-order valence-electron chi connectivity index (χ0n) is 17.3. The lowest BCUT2D eigenvalue weighted by atomic mass is 9.94. The SMILES string of the molecule is CN(C)Cc1cnc(Nc2ncc(-c3ccnc(OC4CCC(F)(F)CC4)n3)s2)cn1. The summed E-state index contributed by atoms with van der Waals surface area (Å²) < 4.78 is 32.4. The molecule has 11 heteroatoms. The molecule has 0 aliphatic heterocycles. The highest BCUT2D eigenvalue weighted by Gasteiger charge is 2.36. The summed E-state index contributed by atoms with van der Waals surface area (Å²) in [6.07, 6.45) is 6.66. The number of thiazole rings is 1. The lowest BCUT2D eigenvalue weighted by Crippen LogP contribution is -2.31. The number of aromatic nitrogens is 5. The fraction of sp³-hybridized carbons (Fsp3) is 0.450. The van der Waals surface area contributed by atoms with Crippen molar-refractivity contribution in [2.24, 2.45) is 0 Å². The minimum atomic E-state index is -2.59. The lowest BCUT2D eigenvalue weighted by molar-refractivity contribution is -0.0594. The summed E-state index contributed by atoms with van der Waals surface area (Å²) in [6.45, 7) is 0.718. The Morgan fingerprint density at radius 1 is 1.13 bits per heavy atom. The number of anilines is 2. The number of halogens is 2. The van der Waals surface area contributed by atoms with Crippen LogP contribution in [0.4, 0.5) is 19.7 Å². The average Bonchev–Trinajstić information content (AvgIpc) is 3.20. The molecule has 1 aliphatic carbocycles. The normalized spacial score (nSPS) is 16.4. The topological polar surface area (TPSA) is 89.0 Å². The van der Waals surface area contributed by atoms with Crippen LogP contribution in [-0.2, 0) is 6.54 Å². The van der Waals surface area contributed by atoms with Crippen LogP contribution in [0.15, 0.2) is 30.9 Å². The van der Waals surface area contributed by atoms with Crippen LogP contribution >= 0.6 is 11.3 Å². The number of hydrogen-bond donors (Lipinski definition) is 1. The highest BCUT2D eigenvalue weighted by molar-refractivity contribution is 7.18. The summed E-state index contributed by atoms with van der Waals surface area (Å²) in [5, 5.41) is 3.79. The molecule has 3 aromatic heterocycles. The molecule has 3 heterocycles. The van der Waals surface area contributed by atoms with Crippen molar-refractivity contribution in [1.29, 1.82) is 0 Å². The third-order valence-electron chi connectivity index (χ3n) is 4.75. The van der Waals surface area contributed by atoms with Crippen molar-refractivity contribution in [1.82, 2.24) is 29.8 Å². The Kier molecular flexibility index (Phi) is 6.33. The number of hydrogen-bond acceptors (Lipinski definition) is 9. The smallest absolute Gasteiger partial charge is 0.317 e. The second-order valence-electron chi connectivity index (χ2n) is 7.68. The summed E-state index contributed by atoms with van der Waals surface area (Å²) in [5.74, 6) is -1.99. The molecule has 0 unspecified atom stereocenters. The maximum atomic E-state index is 13.3. The van der Waals surface area contributed by atoms with E-state index in [0.29, 0.717) is 29.5 Å². The predicted octanol–water partition coefficient (Wildman–Crippen LogP) is 4.15. The molecule has 1 saturated carbocycles. The van der Waals surface area contributed by atoms with Crippen LogP contribution in [-0.4, -0.2) is 55.9 Å². The van der Waals surface area contributed by atoms with Gasteiger partial charge < -0.3 is 15.0 Å². The van der Waals surface area contributed by atoms with Crippen molar-refractivity contribution in [3.05, 3.63) is 36.5 Å². The summed E-state index contributed by atoms with van der Waals surface area (Å²) in [7, 11) is 3.95. The molecule has 0 radical (unpaired) electrons. The number of rotatable bonds is 7. The van der Waals surface area contributed by atoms with Gasteiger partial charge in [-0.2, -0.15) is 4.98 Å². The monoisotopic (exact) mass is 447 g/mol. The Morgan fingerprint density at radius 3 is 2.65 bits per heavy atom. The minimum Gasteiger partial charge on any atom is -0.460 e. The van der Waals surface area contributed by atoms with E-state index < -0.39 is 5.92 Å². The third-order valence-corrected chi connectivity index (χ3v) is 5.68. The third kappa shape index (κ3) is 5.88. The molecule has 4 rings (SSSR count). The van der Waals surface area contributed by atoms with E-state index in [1.165, 1.54) is 11.3 Å². The largest absolute Gasteiger partial charge is 0.460 e. The summed E-state index contributed by atoms with van der Waals surface area (Å²) in [4.78, 5) is 24.5. The maximum Gasteiger partial charge on any atom is 0.317 e. The molecule has 0 saturated heterocycles. The second-order valence-corrected chi connectivity index (χ2v) is 8.71. The van der Waals surface area contributed by atoms with Crippen LogP contribution in [0.3, 0.4) is 0 Å². The first-order valence-electron chi connectivity index (χ1n) is 9.93. The van der Waals surface area contributed by atoms with Gasteiger partial charge in [0, 0.05) is 31.8 Å². The van der Waals surface area contributed by atoms with E-state index in [4.69, 9.17) is 4.74 Å². The molecule has 1 fully saturated rings. The lowest BCUT2D eigenvalue weighted by Gasteiger charge is -2.27. The van der Waals surface area contributed by atoms with E-state index in [9.17, 15) is 8.78 Å². The zero-order valence-corrected chi connectivity index (χ0v) is 18.1. The highest BCUT2D eigenvalue weighted by atomic mass is 32.1. The molecule has 1 aliphatic rings. The Balaban J connectivity index is 1.39. The van der Waals surface area contributed by atoms with Gasteiger partial charge in [0.25, 0.3) is 0 Å². The quantitative estimate of drug-likeness (QED) is 0.578. The molecule has 0 spiro atoms. The van der Waals surface area contributed by atoms with Crippen molar-refractivity contribution >= 4 is 22.3 Å². The predicted molar refractivity (Wildman–Crippen MR) is 114 cm³/mol. The van der Waals surface area contributed by atoms with Crippen LogP contribution < -0.4 is 10.1 Å². The van der Waals surface area contributed by atoms with Crippen LogP contribution in [0.2, 0.25) is 0 Å². The van der Waals surface area contributed by atoms with Crippen LogP contribution in [0.5, 0.6) is 6.01 Å². The maximum absolute atomic E-state index is 13.3. The Labute approximate surface area is 182 Å². The molecule has 3 aromatic rings.